The number of rotatable bonds is 1. The van der Waals surface area contributed by atoms with E-state index in [1.807, 2.05) is 18.2 Å². The molecule has 0 unspecified atom stereocenters. The SMILES string of the molecule is COc1sc2ccc(C#N)cc2c1I. The molecule has 2 aromatic rings. The summed E-state index contributed by atoms with van der Waals surface area (Å²) < 4.78 is 7.47. The summed E-state index contributed by atoms with van der Waals surface area (Å²) in [5, 5.41) is 10.8. The van der Waals surface area contributed by atoms with E-state index >= 15 is 0 Å². The number of thiophene rings is 1. The van der Waals surface area contributed by atoms with Crippen LogP contribution in [0.2, 0.25) is 0 Å². The van der Waals surface area contributed by atoms with Crippen molar-refractivity contribution >= 4 is 44.0 Å². The van der Waals surface area contributed by atoms with Crippen LogP contribution in [0.15, 0.2) is 18.2 Å². The van der Waals surface area contributed by atoms with Gasteiger partial charge < -0.3 is 4.74 Å². The quantitative estimate of drug-likeness (QED) is 0.756. The topological polar surface area (TPSA) is 33.0 Å². The predicted octanol–water partition coefficient (Wildman–Crippen LogP) is 3.39. The third-order valence-corrected chi connectivity index (χ3v) is 4.48. The standard InChI is InChI=1S/C10H6INOS/c1-13-10-9(11)7-4-6(5-12)2-3-8(7)14-10/h2-4H,1H3. The zero-order valence-corrected chi connectivity index (χ0v) is 10.3. The molecule has 14 heavy (non-hydrogen) atoms. The highest BCUT2D eigenvalue weighted by Crippen LogP contribution is 2.38. The molecule has 2 rings (SSSR count). The molecule has 0 saturated carbocycles. The Labute approximate surface area is 99.3 Å². The third kappa shape index (κ3) is 1.47. The van der Waals surface area contributed by atoms with Gasteiger partial charge in [0.05, 0.1) is 22.3 Å². The van der Waals surface area contributed by atoms with Crippen LogP contribution in [-0.2, 0) is 0 Å². The van der Waals surface area contributed by atoms with Gasteiger partial charge in [0.1, 0.15) is 0 Å². The lowest BCUT2D eigenvalue weighted by atomic mass is 10.2. The van der Waals surface area contributed by atoms with Crippen molar-refractivity contribution in [1.82, 2.24) is 0 Å². The Bertz CT molecular complexity index is 527. The van der Waals surface area contributed by atoms with E-state index < -0.39 is 0 Å². The van der Waals surface area contributed by atoms with Crippen LogP contribution in [0.4, 0.5) is 0 Å². The van der Waals surface area contributed by atoms with E-state index in [9.17, 15) is 0 Å². The lowest BCUT2D eigenvalue weighted by Gasteiger charge is -1.93. The highest BCUT2D eigenvalue weighted by atomic mass is 127. The Balaban J connectivity index is 2.75. The summed E-state index contributed by atoms with van der Waals surface area (Å²) in [6.07, 6.45) is 0. The molecule has 0 aliphatic carbocycles. The van der Waals surface area contributed by atoms with E-state index in [0.29, 0.717) is 5.56 Å². The maximum absolute atomic E-state index is 8.77. The first-order valence-electron chi connectivity index (χ1n) is 3.92. The van der Waals surface area contributed by atoms with Crippen LogP contribution in [-0.4, -0.2) is 7.11 Å². The van der Waals surface area contributed by atoms with Crippen molar-refractivity contribution in [2.45, 2.75) is 0 Å². The maximum Gasteiger partial charge on any atom is 0.188 e. The number of ether oxygens (including phenoxy) is 1. The summed E-state index contributed by atoms with van der Waals surface area (Å²) in [5.74, 6) is 0. The number of benzene rings is 1. The summed E-state index contributed by atoms with van der Waals surface area (Å²) >= 11 is 3.85. The molecule has 0 radical (unpaired) electrons. The van der Waals surface area contributed by atoms with Gasteiger partial charge in [0.15, 0.2) is 5.06 Å². The van der Waals surface area contributed by atoms with Crippen LogP contribution in [0.25, 0.3) is 10.1 Å². The molecule has 4 heteroatoms. The highest BCUT2D eigenvalue weighted by molar-refractivity contribution is 14.1. The van der Waals surface area contributed by atoms with Gasteiger partial charge in [0.2, 0.25) is 0 Å². The van der Waals surface area contributed by atoms with Gasteiger partial charge in [-0.2, -0.15) is 5.26 Å². The van der Waals surface area contributed by atoms with E-state index in [0.717, 1.165) is 18.7 Å². The minimum atomic E-state index is 0.691. The van der Waals surface area contributed by atoms with Crippen molar-refractivity contribution in [2.75, 3.05) is 7.11 Å². The average Bonchev–Trinajstić information content (AvgIpc) is 2.55. The highest BCUT2D eigenvalue weighted by Gasteiger charge is 2.10. The Morgan fingerprint density at radius 2 is 2.29 bits per heavy atom. The Kier molecular flexibility index (Phi) is 2.61. The Morgan fingerprint density at radius 3 is 2.93 bits per heavy atom. The van der Waals surface area contributed by atoms with Gasteiger partial charge in [-0.1, -0.05) is 11.3 Å². The maximum atomic E-state index is 8.77. The molecule has 0 fully saturated rings. The fourth-order valence-corrected chi connectivity index (χ4v) is 3.32. The van der Waals surface area contributed by atoms with Gasteiger partial charge in [-0.25, -0.2) is 0 Å². The van der Waals surface area contributed by atoms with Crippen LogP contribution < -0.4 is 4.74 Å². The summed E-state index contributed by atoms with van der Waals surface area (Å²) in [5.41, 5.74) is 0.691. The molecule has 0 atom stereocenters. The summed E-state index contributed by atoms with van der Waals surface area (Å²) in [6.45, 7) is 0. The number of halogens is 1. The second-order valence-electron chi connectivity index (χ2n) is 2.73. The van der Waals surface area contributed by atoms with E-state index in [1.165, 1.54) is 0 Å². The molecule has 1 aromatic heterocycles. The molecule has 0 aliphatic heterocycles. The first-order valence-corrected chi connectivity index (χ1v) is 5.82. The van der Waals surface area contributed by atoms with Crippen molar-refractivity contribution in [1.29, 1.82) is 5.26 Å². The lowest BCUT2D eigenvalue weighted by molar-refractivity contribution is 0.425. The molecule has 0 amide bonds. The Hall–Kier alpha value is -0.800. The van der Waals surface area contributed by atoms with Gasteiger partial charge in [-0.05, 0) is 40.8 Å². The zero-order chi connectivity index (χ0) is 10.1. The van der Waals surface area contributed by atoms with E-state index in [2.05, 4.69) is 28.7 Å². The van der Waals surface area contributed by atoms with E-state index in [-0.39, 0.29) is 0 Å². The van der Waals surface area contributed by atoms with Crippen molar-refractivity contribution in [3.63, 3.8) is 0 Å². The van der Waals surface area contributed by atoms with Crippen LogP contribution in [0.1, 0.15) is 5.56 Å². The molecular weight excluding hydrogens is 309 g/mol. The van der Waals surface area contributed by atoms with Crippen molar-refractivity contribution in [3.05, 3.63) is 27.3 Å². The molecule has 0 saturated heterocycles. The van der Waals surface area contributed by atoms with Crippen LogP contribution in [0.3, 0.4) is 0 Å². The smallest absolute Gasteiger partial charge is 0.188 e. The van der Waals surface area contributed by atoms with Crippen LogP contribution >= 0.6 is 33.9 Å². The molecule has 1 heterocycles. The largest absolute Gasteiger partial charge is 0.486 e. The summed E-state index contributed by atoms with van der Waals surface area (Å²) in [6, 6.07) is 7.82. The predicted molar refractivity (Wildman–Crippen MR) is 65.8 cm³/mol. The monoisotopic (exact) mass is 315 g/mol. The molecule has 70 valence electrons. The van der Waals surface area contributed by atoms with E-state index in [4.69, 9.17) is 10.00 Å². The molecule has 1 aromatic carbocycles. The molecule has 0 aliphatic rings. The Morgan fingerprint density at radius 1 is 1.50 bits per heavy atom. The third-order valence-electron chi connectivity index (χ3n) is 1.91. The molecule has 0 spiro atoms. The van der Waals surface area contributed by atoms with Gasteiger partial charge in [0, 0.05) is 10.1 Å². The fraction of sp³-hybridized carbons (Fsp3) is 0.100. The minimum Gasteiger partial charge on any atom is -0.486 e. The van der Waals surface area contributed by atoms with Crippen molar-refractivity contribution in [3.8, 4) is 11.1 Å². The summed E-state index contributed by atoms with van der Waals surface area (Å²) in [4.78, 5) is 0. The summed E-state index contributed by atoms with van der Waals surface area (Å²) in [7, 11) is 1.66. The first-order chi connectivity index (χ1) is 6.76. The number of methoxy groups -OCH3 is 1. The lowest BCUT2D eigenvalue weighted by Crippen LogP contribution is -1.79. The van der Waals surface area contributed by atoms with Gasteiger partial charge in [-0.15, -0.1) is 0 Å². The normalized spacial score (nSPS) is 10.1. The minimum absolute atomic E-state index is 0.691. The zero-order valence-electron chi connectivity index (χ0n) is 7.37. The van der Waals surface area contributed by atoms with Gasteiger partial charge in [-0.3, -0.25) is 0 Å². The van der Waals surface area contributed by atoms with Crippen molar-refractivity contribution < 1.29 is 4.74 Å². The van der Waals surface area contributed by atoms with Gasteiger partial charge in [0.25, 0.3) is 0 Å². The number of nitriles is 1. The van der Waals surface area contributed by atoms with Crippen LogP contribution in [0.5, 0.6) is 5.06 Å². The second-order valence-corrected chi connectivity index (χ2v) is 4.82. The molecular formula is C10H6INOS. The number of fused-ring (bicyclic) bond motifs is 1. The van der Waals surface area contributed by atoms with E-state index in [1.54, 1.807) is 18.4 Å². The average molecular weight is 315 g/mol. The molecule has 0 N–H and O–H groups in total. The molecule has 2 nitrogen and oxygen atoms in total. The number of hydrogen-bond acceptors (Lipinski definition) is 3. The van der Waals surface area contributed by atoms with Crippen LogP contribution in [0, 0.1) is 14.9 Å². The number of nitrogens with zero attached hydrogens (tertiary/aromatic N) is 1. The van der Waals surface area contributed by atoms with Crippen molar-refractivity contribution in [2.24, 2.45) is 0 Å². The molecule has 0 bridgehead atoms. The van der Waals surface area contributed by atoms with Gasteiger partial charge >= 0.3 is 0 Å². The number of hydrogen-bond donors (Lipinski definition) is 0. The fourth-order valence-electron chi connectivity index (χ4n) is 1.25. The second kappa shape index (κ2) is 3.75. The first kappa shape index (κ1) is 9.74.